The number of ether oxygens (including phenoxy) is 2. The molecule has 0 rings (SSSR count). The van der Waals surface area contributed by atoms with Gasteiger partial charge in [-0.25, -0.2) is 4.79 Å². The van der Waals surface area contributed by atoms with Gasteiger partial charge in [0.25, 0.3) is 0 Å². The monoisotopic (exact) mass is 230 g/mol. The van der Waals surface area contributed by atoms with Gasteiger partial charge in [-0.1, -0.05) is 25.7 Å². The smallest absolute Gasteiger partial charge is 0.333 e. The van der Waals surface area contributed by atoms with Crippen LogP contribution in [-0.4, -0.2) is 34.6 Å². The molecule has 0 amide bonds. The highest BCUT2D eigenvalue weighted by molar-refractivity contribution is 6.55. The average Bonchev–Trinajstić information content (AvgIpc) is 2.15. The quantitative estimate of drug-likeness (QED) is 0.277. The number of carbonyl (C=O) groups is 1. The standard InChI is InChI=1S/C11H22O3Si/c1-10(2)11(12)14-8-7-13-6-5-9-15(3)4/h15H,1,5-9H2,2-4H3. The molecule has 0 saturated heterocycles. The summed E-state index contributed by atoms with van der Waals surface area (Å²) < 4.78 is 10.2. The van der Waals surface area contributed by atoms with E-state index in [0.29, 0.717) is 18.8 Å². The molecular weight excluding hydrogens is 208 g/mol. The first-order valence-electron chi connectivity index (χ1n) is 5.44. The van der Waals surface area contributed by atoms with Crippen molar-refractivity contribution >= 4 is 14.8 Å². The van der Waals surface area contributed by atoms with E-state index in [1.165, 1.54) is 6.04 Å². The van der Waals surface area contributed by atoms with Crippen LogP contribution in [-0.2, 0) is 14.3 Å². The molecule has 0 heterocycles. The second kappa shape index (κ2) is 8.68. The lowest BCUT2D eigenvalue weighted by atomic mass is 10.4. The minimum absolute atomic E-state index is 0.324. The molecule has 0 N–H and O–H groups in total. The Morgan fingerprint density at radius 3 is 2.47 bits per heavy atom. The Bertz CT molecular complexity index is 202. The molecule has 0 aromatic heterocycles. The fraction of sp³-hybridized carbons (Fsp3) is 0.727. The van der Waals surface area contributed by atoms with E-state index in [-0.39, 0.29) is 5.97 Å². The highest BCUT2D eigenvalue weighted by Crippen LogP contribution is 1.97. The van der Waals surface area contributed by atoms with Crippen LogP contribution in [0.4, 0.5) is 0 Å². The lowest BCUT2D eigenvalue weighted by Gasteiger charge is -2.06. The van der Waals surface area contributed by atoms with Gasteiger partial charge in [0.1, 0.15) is 6.61 Å². The summed E-state index contributed by atoms with van der Waals surface area (Å²) in [4.78, 5) is 10.9. The summed E-state index contributed by atoms with van der Waals surface area (Å²) in [7, 11) is -0.436. The van der Waals surface area contributed by atoms with E-state index < -0.39 is 8.80 Å². The normalized spacial score (nSPS) is 10.4. The zero-order valence-electron chi connectivity index (χ0n) is 10.0. The molecule has 0 radical (unpaired) electrons. The first-order chi connectivity index (χ1) is 7.04. The molecule has 88 valence electrons. The van der Waals surface area contributed by atoms with Crippen molar-refractivity contribution in [1.29, 1.82) is 0 Å². The van der Waals surface area contributed by atoms with Crippen LogP contribution in [0.25, 0.3) is 0 Å². The van der Waals surface area contributed by atoms with Crippen molar-refractivity contribution in [2.45, 2.75) is 32.5 Å². The van der Waals surface area contributed by atoms with Gasteiger partial charge in [-0.2, -0.15) is 0 Å². The summed E-state index contributed by atoms with van der Waals surface area (Å²) in [6.45, 7) is 11.4. The average molecular weight is 230 g/mol. The van der Waals surface area contributed by atoms with Crippen LogP contribution >= 0.6 is 0 Å². The molecule has 0 atom stereocenters. The topological polar surface area (TPSA) is 35.5 Å². The first-order valence-corrected chi connectivity index (χ1v) is 8.57. The lowest BCUT2D eigenvalue weighted by Crippen LogP contribution is -2.11. The van der Waals surface area contributed by atoms with Crippen molar-refractivity contribution in [1.82, 2.24) is 0 Å². The van der Waals surface area contributed by atoms with Crippen LogP contribution in [0, 0.1) is 0 Å². The van der Waals surface area contributed by atoms with Crippen molar-refractivity contribution in [3.8, 4) is 0 Å². The minimum Gasteiger partial charge on any atom is -0.460 e. The minimum atomic E-state index is -0.436. The predicted molar refractivity (Wildman–Crippen MR) is 64.9 cm³/mol. The van der Waals surface area contributed by atoms with Crippen LogP contribution < -0.4 is 0 Å². The molecule has 0 unspecified atom stereocenters. The third kappa shape index (κ3) is 9.69. The maximum Gasteiger partial charge on any atom is 0.333 e. The fourth-order valence-corrected chi connectivity index (χ4v) is 2.00. The van der Waals surface area contributed by atoms with Crippen LogP contribution in [0.15, 0.2) is 12.2 Å². The maximum atomic E-state index is 10.9. The second-order valence-corrected chi connectivity index (χ2v) is 7.43. The summed E-state index contributed by atoms with van der Waals surface area (Å²) in [6.07, 6.45) is 1.12. The van der Waals surface area contributed by atoms with E-state index in [0.717, 1.165) is 13.0 Å². The first kappa shape index (κ1) is 14.4. The van der Waals surface area contributed by atoms with E-state index in [9.17, 15) is 4.79 Å². The molecule has 0 aromatic rings. The largest absolute Gasteiger partial charge is 0.460 e. The summed E-state index contributed by atoms with van der Waals surface area (Å²) in [6, 6.07) is 1.31. The second-order valence-electron chi connectivity index (χ2n) is 4.06. The van der Waals surface area contributed by atoms with Crippen LogP contribution in [0.1, 0.15) is 13.3 Å². The number of hydrogen-bond donors (Lipinski definition) is 0. The van der Waals surface area contributed by atoms with Crippen molar-refractivity contribution in [3.05, 3.63) is 12.2 Å². The van der Waals surface area contributed by atoms with Crippen molar-refractivity contribution in [3.63, 3.8) is 0 Å². The van der Waals surface area contributed by atoms with Crippen LogP contribution in [0.2, 0.25) is 19.1 Å². The van der Waals surface area contributed by atoms with Gasteiger partial charge in [-0.15, -0.1) is 0 Å². The number of hydrogen-bond acceptors (Lipinski definition) is 3. The molecule has 0 aliphatic rings. The van der Waals surface area contributed by atoms with Gasteiger partial charge in [0.05, 0.1) is 6.61 Å². The summed E-state index contributed by atoms with van der Waals surface area (Å²) in [5, 5.41) is 0. The van der Waals surface area contributed by atoms with Gasteiger partial charge in [-0.3, -0.25) is 0 Å². The van der Waals surface area contributed by atoms with Gasteiger partial charge < -0.3 is 9.47 Å². The third-order valence-electron chi connectivity index (χ3n) is 1.88. The Morgan fingerprint density at radius 2 is 1.93 bits per heavy atom. The van der Waals surface area contributed by atoms with Crippen LogP contribution in [0.5, 0.6) is 0 Å². The van der Waals surface area contributed by atoms with Gasteiger partial charge >= 0.3 is 5.97 Å². The predicted octanol–water partition coefficient (Wildman–Crippen LogP) is 2.00. The number of carbonyl (C=O) groups excluding carboxylic acids is 1. The summed E-state index contributed by atoms with van der Waals surface area (Å²) >= 11 is 0. The fourth-order valence-electron chi connectivity index (χ4n) is 1.01. The molecule has 0 spiro atoms. The van der Waals surface area contributed by atoms with E-state index in [1.54, 1.807) is 6.92 Å². The molecule has 15 heavy (non-hydrogen) atoms. The van der Waals surface area contributed by atoms with E-state index in [1.807, 2.05) is 0 Å². The Morgan fingerprint density at radius 1 is 1.27 bits per heavy atom. The Kier molecular flexibility index (Phi) is 8.32. The summed E-state index contributed by atoms with van der Waals surface area (Å²) in [5.74, 6) is -0.340. The zero-order valence-corrected chi connectivity index (χ0v) is 11.2. The van der Waals surface area contributed by atoms with Gasteiger partial charge in [-0.05, 0) is 13.3 Å². The Hall–Kier alpha value is -0.613. The molecule has 0 aromatic carbocycles. The van der Waals surface area contributed by atoms with Crippen molar-refractivity contribution in [2.24, 2.45) is 0 Å². The van der Waals surface area contributed by atoms with Gasteiger partial charge in [0.2, 0.25) is 0 Å². The van der Waals surface area contributed by atoms with Crippen LogP contribution in [0.3, 0.4) is 0 Å². The molecule has 0 aliphatic carbocycles. The highest BCUT2D eigenvalue weighted by atomic mass is 28.3. The van der Waals surface area contributed by atoms with Gasteiger partial charge in [0.15, 0.2) is 0 Å². The molecule has 0 aliphatic heterocycles. The van der Waals surface area contributed by atoms with Crippen molar-refractivity contribution < 1.29 is 14.3 Å². The third-order valence-corrected chi connectivity index (χ3v) is 3.44. The molecule has 0 fully saturated rings. The van der Waals surface area contributed by atoms with E-state index in [2.05, 4.69) is 19.7 Å². The summed E-state index contributed by atoms with van der Waals surface area (Å²) in [5.41, 5.74) is 0.431. The Balaban J connectivity index is 3.18. The lowest BCUT2D eigenvalue weighted by molar-refractivity contribution is -0.140. The molecular formula is C11H22O3Si. The van der Waals surface area contributed by atoms with E-state index in [4.69, 9.17) is 9.47 Å². The maximum absolute atomic E-state index is 10.9. The number of rotatable bonds is 8. The van der Waals surface area contributed by atoms with Crippen molar-refractivity contribution in [2.75, 3.05) is 19.8 Å². The van der Waals surface area contributed by atoms with Gasteiger partial charge in [0, 0.05) is 21.0 Å². The zero-order chi connectivity index (χ0) is 11.7. The SMILES string of the molecule is C=C(C)C(=O)OCCOCCC[SiH](C)C. The molecule has 0 bridgehead atoms. The molecule has 3 nitrogen and oxygen atoms in total. The molecule has 0 saturated carbocycles. The van der Waals surface area contributed by atoms with E-state index >= 15 is 0 Å². The Labute approximate surface area is 94.1 Å². The highest BCUT2D eigenvalue weighted by Gasteiger charge is 2.01. The number of esters is 1. The molecule has 4 heteroatoms.